The van der Waals surface area contributed by atoms with Gasteiger partial charge < -0.3 is 11.1 Å². The first kappa shape index (κ1) is 18.6. The predicted octanol–water partition coefficient (Wildman–Crippen LogP) is 2.23. The lowest BCUT2D eigenvalue weighted by Gasteiger charge is -2.16. The van der Waals surface area contributed by atoms with E-state index in [1.54, 1.807) is 10.9 Å². The first-order chi connectivity index (χ1) is 13.5. The van der Waals surface area contributed by atoms with E-state index >= 15 is 0 Å². The number of nitrogens with one attached hydrogen (secondary N) is 1. The average molecular weight is 379 g/mol. The van der Waals surface area contributed by atoms with Gasteiger partial charge in [0, 0.05) is 36.7 Å². The van der Waals surface area contributed by atoms with Crippen molar-refractivity contribution in [3.63, 3.8) is 0 Å². The topological polar surface area (TPSA) is 103 Å². The molecule has 1 amide bonds. The number of amides is 1. The third-order valence-electron chi connectivity index (χ3n) is 5.35. The molecular formula is C21H25N5O2. The SMILES string of the molecule is CC1=CC(C)=C(CNC(=O)c2cc(C3CC3)nc3c2cnn3CCN)C(=O)C1. The number of hydrogen-bond donors (Lipinski definition) is 2. The van der Waals surface area contributed by atoms with Crippen LogP contribution in [-0.2, 0) is 11.3 Å². The van der Waals surface area contributed by atoms with E-state index in [0.717, 1.165) is 29.7 Å². The van der Waals surface area contributed by atoms with Gasteiger partial charge in [-0.3, -0.25) is 9.59 Å². The number of fused-ring (bicyclic) bond motifs is 1. The summed E-state index contributed by atoms with van der Waals surface area (Å²) in [5.74, 6) is 0.281. The Morgan fingerprint density at radius 1 is 1.36 bits per heavy atom. The van der Waals surface area contributed by atoms with Crippen LogP contribution in [0.15, 0.2) is 35.1 Å². The van der Waals surface area contributed by atoms with Crippen molar-refractivity contribution in [1.29, 1.82) is 0 Å². The highest BCUT2D eigenvalue weighted by atomic mass is 16.2. The molecule has 2 heterocycles. The molecule has 0 atom stereocenters. The first-order valence-corrected chi connectivity index (χ1v) is 9.72. The van der Waals surface area contributed by atoms with Crippen LogP contribution in [0.25, 0.3) is 11.0 Å². The van der Waals surface area contributed by atoms with Crippen LogP contribution in [0, 0.1) is 0 Å². The summed E-state index contributed by atoms with van der Waals surface area (Å²) in [6.45, 7) is 5.10. The third-order valence-corrected chi connectivity index (χ3v) is 5.35. The smallest absolute Gasteiger partial charge is 0.252 e. The van der Waals surface area contributed by atoms with E-state index in [0.29, 0.717) is 47.6 Å². The molecule has 0 spiro atoms. The van der Waals surface area contributed by atoms with E-state index < -0.39 is 0 Å². The van der Waals surface area contributed by atoms with Crippen molar-refractivity contribution in [3.05, 3.63) is 46.3 Å². The van der Waals surface area contributed by atoms with Gasteiger partial charge in [-0.1, -0.05) is 11.6 Å². The second kappa shape index (κ2) is 7.31. The number of allylic oxidation sites excluding steroid dienone is 3. The minimum absolute atomic E-state index is 0.0760. The Bertz CT molecular complexity index is 1030. The van der Waals surface area contributed by atoms with Crippen LogP contribution in [0.2, 0.25) is 0 Å². The lowest BCUT2D eigenvalue weighted by atomic mass is 9.92. The minimum Gasteiger partial charge on any atom is -0.348 e. The quantitative estimate of drug-likeness (QED) is 0.801. The molecule has 2 aromatic heterocycles. The van der Waals surface area contributed by atoms with Crippen LogP contribution in [-0.4, -0.2) is 39.5 Å². The molecule has 1 saturated carbocycles. The number of ketones is 1. The van der Waals surface area contributed by atoms with Crippen molar-refractivity contribution in [2.45, 2.75) is 45.6 Å². The fourth-order valence-electron chi connectivity index (χ4n) is 3.72. The summed E-state index contributed by atoms with van der Waals surface area (Å²) in [4.78, 5) is 30.0. The number of hydrogen-bond acceptors (Lipinski definition) is 5. The van der Waals surface area contributed by atoms with Crippen LogP contribution in [0.5, 0.6) is 0 Å². The number of carbonyl (C=O) groups is 2. The summed E-state index contributed by atoms with van der Waals surface area (Å²) in [7, 11) is 0. The molecule has 0 unspecified atom stereocenters. The van der Waals surface area contributed by atoms with Crippen molar-refractivity contribution < 1.29 is 9.59 Å². The highest BCUT2D eigenvalue weighted by Crippen LogP contribution is 2.40. The molecule has 2 aliphatic carbocycles. The Balaban J connectivity index is 1.64. The normalized spacial score (nSPS) is 17.2. The second-order valence-electron chi connectivity index (χ2n) is 7.70. The van der Waals surface area contributed by atoms with Gasteiger partial charge in [0.1, 0.15) is 0 Å². The molecule has 28 heavy (non-hydrogen) atoms. The van der Waals surface area contributed by atoms with Crippen LogP contribution in [0.4, 0.5) is 0 Å². The lowest BCUT2D eigenvalue weighted by Crippen LogP contribution is -2.29. The maximum absolute atomic E-state index is 13.0. The molecule has 0 saturated heterocycles. The van der Waals surface area contributed by atoms with Crippen molar-refractivity contribution in [2.24, 2.45) is 5.73 Å². The van der Waals surface area contributed by atoms with Gasteiger partial charge in [-0.25, -0.2) is 9.67 Å². The Labute approximate surface area is 163 Å². The van der Waals surface area contributed by atoms with Gasteiger partial charge in [-0.15, -0.1) is 0 Å². The maximum atomic E-state index is 13.0. The number of rotatable bonds is 6. The standard InChI is InChI=1S/C21H25N5O2/c1-12-7-13(2)16(19(27)8-12)10-23-21(28)15-9-18(14-3-4-14)25-20-17(15)11-24-26(20)6-5-22/h7,9,11,14H,3-6,8,10,22H2,1-2H3,(H,23,28). The van der Waals surface area contributed by atoms with Gasteiger partial charge in [0.25, 0.3) is 5.91 Å². The highest BCUT2D eigenvalue weighted by molar-refractivity contribution is 6.06. The molecule has 0 aromatic carbocycles. The van der Waals surface area contributed by atoms with E-state index in [1.807, 2.05) is 26.0 Å². The first-order valence-electron chi connectivity index (χ1n) is 9.72. The minimum atomic E-state index is -0.207. The summed E-state index contributed by atoms with van der Waals surface area (Å²) < 4.78 is 1.75. The van der Waals surface area contributed by atoms with Gasteiger partial charge >= 0.3 is 0 Å². The van der Waals surface area contributed by atoms with Crippen molar-refractivity contribution in [1.82, 2.24) is 20.1 Å². The van der Waals surface area contributed by atoms with Gasteiger partial charge in [0.2, 0.25) is 0 Å². The lowest BCUT2D eigenvalue weighted by molar-refractivity contribution is -0.115. The Hall–Kier alpha value is -2.80. The van der Waals surface area contributed by atoms with E-state index in [4.69, 9.17) is 10.7 Å². The molecule has 0 bridgehead atoms. The van der Waals surface area contributed by atoms with E-state index in [1.165, 1.54) is 0 Å². The Kier molecular flexibility index (Phi) is 4.85. The summed E-state index contributed by atoms with van der Waals surface area (Å²) in [6, 6.07) is 1.87. The highest BCUT2D eigenvalue weighted by Gasteiger charge is 2.28. The number of carbonyl (C=O) groups excluding carboxylic acids is 2. The third kappa shape index (κ3) is 3.49. The molecule has 2 aliphatic rings. The van der Waals surface area contributed by atoms with Crippen LogP contribution >= 0.6 is 0 Å². The number of nitrogens with two attached hydrogens (primary N) is 1. The molecule has 7 heteroatoms. The molecular weight excluding hydrogens is 354 g/mol. The largest absolute Gasteiger partial charge is 0.348 e. The molecule has 1 fully saturated rings. The molecule has 146 valence electrons. The number of Topliss-reactive ketones (excluding diaryl/α,β-unsaturated/α-hetero) is 1. The average Bonchev–Trinajstić information content (AvgIpc) is 3.42. The number of nitrogens with zero attached hydrogens (tertiary/aromatic N) is 3. The Morgan fingerprint density at radius 3 is 2.82 bits per heavy atom. The zero-order valence-electron chi connectivity index (χ0n) is 16.3. The second-order valence-corrected chi connectivity index (χ2v) is 7.70. The van der Waals surface area contributed by atoms with Crippen molar-refractivity contribution in [3.8, 4) is 0 Å². The summed E-state index contributed by atoms with van der Waals surface area (Å²) in [6.07, 6.45) is 6.29. The maximum Gasteiger partial charge on any atom is 0.252 e. The number of pyridine rings is 1. The van der Waals surface area contributed by atoms with Crippen molar-refractivity contribution in [2.75, 3.05) is 13.1 Å². The van der Waals surface area contributed by atoms with Gasteiger partial charge in [-0.05, 0) is 38.3 Å². The van der Waals surface area contributed by atoms with E-state index in [-0.39, 0.29) is 18.2 Å². The summed E-state index contributed by atoms with van der Waals surface area (Å²) in [5, 5.41) is 8.00. The summed E-state index contributed by atoms with van der Waals surface area (Å²) >= 11 is 0. The Morgan fingerprint density at radius 2 is 2.14 bits per heavy atom. The molecule has 7 nitrogen and oxygen atoms in total. The van der Waals surface area contributed by atoms with Crippen LogP contribution in [0.1, 0.15) is 55.1 Å². The predicted molar refractivity (Wildman–Crippen MR) is 107 cm³/mol. The molecule has 4 rings (SSSR count). The summed E-state index contributed by atoms with van der Waals surface area (Å²) in [5.41, 5.74) is 10.5. The van der Waals surface area contributed by atoms with Gasteiger partial charge in [0.05, 0.1) is 23.7 Å². The van der Waals surface area contributed by atoms with Crippen LogP contribution < -0.4 is 11.1 Å². The molecule has 0 aliphatic heterocycles. The molecule has 0 radical (unpaired) electrons. The van der Waals surface area contributed by atoms with Crippen molar-refractivity contribution >= 4 is 22.7 Å². The van der Waals surface area contributed by atoms with E-state index in [2.05, 4.69) is 10.4 Å². The van der Waals surface area contributed by atoms with E-state index in [9.17, 15) is 9.59 Å². The monoisotopic (exact) mass is 379 g/mol. The fourth-order valence-corrected chi connectivity index (χ4v) is 3.72. The number of aromatic nitrogens is 3. The van der Waals surface area contributed by atoms with Gasteiger partial charge in [-0.2, -0.15) is 5.10 Å². The zero-order chi connectivity index (χ0) is 19.8. The van der Waals surface area contributed by atoms with Crippen LogP contribution in [0.3, 0.4) is 0 Å². The zero-order valence-corrected chi connectivity index (χ0v) is 16.3. The molecule has 3 N–H and O–H groups in total. The van der Waals surface area contributed by atoms with Gasteiger partial charge in [0.15, 0.2) is 11.4 Å². The molecule has 2 aromatic rings. The fraction of sp³-hybridized carbons (Fsp3) is 0.429.